The number of aliphatic hydroxyl groups is 2. The van der Waals surface area contributed by atoms with Gasteiger partial charge in [-0.1, -0.05) is 13.0 Å². The molecule has 3 aromatic rings. The minimum Gasteiger partial charge on any atom is -0.396 e. The van der Waals surface area contributed by atoms with Crippen molar-refractivity contribution in [1.82, 2.24) is 20.1 Å². The molecule has 3 N–H and O–H groups in total. The minimum atomic E-state index is -1.11. The zero-order valence-corrected chi connectivity index (χ0v) is 19.6. The summed E-state index contributed by atoms with van der Waals surface area (Å²) in [5.41, 5.74) is 0.531. The highest BCUT2D eigenvalue weighted by molar-refractivity contribution is 6.01. The molecule has 0 bridgehead atoms. The third-order valence-electron chi connectivity index (χ3n) is 5.93. The van der Waals surface area contributed by atoms with Gasteiger partial charge in [0, 0.05) is 38.4 Å². The molecule has 1 aliphatic heterocycles. The quantitative estimate of drug-likeness (QED) is 0.431. The Bertz CT molecular complexity index is 1300. The number of carbonyl (C=O) groups excluding carboxylic acids is 1. The van der Waals surface area contributed by atoms with Gasteiger partial charge in [-0.3, -0.25) is 4.79 Å². The maximum Gasteiger partial charge on any atom is 0.255 e. The summed E-state index contributed by atoms with van der Waals surface area (Å²) >= 11 is 0. The van der Waals surface area contributed by atoms with Gasteiger partial charge in [0.2, 0.25) is 0 Å². The lowest BCUT2D eigenvalue weighted by atomic mass is 10.0. The number of aromatic nitrogens is 3. The maximum atomic E-state index is 14.8. The van der Waals surface area contributed by atoms with Gasteiger partial charge in [-0.15, -0.1) is 0 Å². The summed E-state index contributed by atoms with van der Waals surface area (Å²) in [7, 11) is 0. The van der Waals surface area contributed by atoms with Crippen LogP contribution in [0.2, 0.25) is 0 Å². The molecule has 9 nitrogen and oxygen atoms in total. The second-order valence-corrected chi connectivity index (χ2v) is 8.82. The normalized spacial score (nSPS) is 14.2. The number of aliphatic hydroxyl groups excluding tert-OH is 1. The van der Waals surface area contributed by atoms with Gasteiger partial charge in [0.15, 0.2) is 5.82 Å². The molecule has 4 rings (SSSR count). The lowest BCUT2D eigenvalue weighted by Crippen LogP contribution is -2.42. The molecule has 1 atom stereocenters. The number of nitrogens with one attached hydrogen (secondary N) is 1. The first-order chi connectivity index (χ1) is 16.8. The summed E-state index contributed by atoms with van der Waals surface area (Å²) < 4.78 is 16.3. The maximum absolute atomic E-state index is 14.8. The van der Waals surface area contributed by atoms with E-state index in [0.717, 1.165) is 6.42 Å². The van der Waals surface area contributed by atoms with Gasteiger partial charge in [-0.2, -0.15) is 10.4 Å². The highest BCUT2D eigenvalue weighted by Gasteiger charge is 2.29. The first-order valence-corrected chi connectivity index (χ1v) is 11.4. The molecule has 3 heterocycles. The number of carbonyl (C=O) groups is 1. The van der Waals surface area contributed by atoms with Crippen LogP contribution >= 0.6 is 0 Å². The number of hydrogen-bond donors (Lipinski definition) is 3. The third-order valence-corrected chi connectivity index (χ3v) is 5.93. The van der Waals surface area contributed by atoms with Crippen LogP contribution in [0.5, 0.6) is 0 Å². The SMILES string of the molecule is CCCN(CC(C)(O)CCO)c1ccn(-c2cc(-c3c(F)cccc3C#N)nc3c2C(=O)NC3)n1. The fraction of sp³-hybridized carbons (Fsp3) is 0.360. The predicted molar refractivity (Wildman–Crippen MR) is 127 cm³/mol. The van der Waals surface area contributed by atoms with E-state index in [-0.39, 0.29) is 48.8 Å². The topological polar surface area (TPSA) is 127 Å². The average Bonchev–Trinajstić information content (AvgIpc) is 3.45. The van der Waals surface area contributed by atoms with Crippen LogP contribution in [0.25, 0.3) is 16.9 Å². The van der Waals surface area contributed by atoms with Crippen LogP contribution in [-0.4, -0.2) is 56.2 Å². The van der Waals surface area contributed by atoms with Crippen molar-refractivity contribution in [3.63, 3.8) is 0 Å². The van der Waals surface area contributed by atoms with E-state index in [1.165, 1.54) is 22.9 Å². The van der Waals surface area contributed by atoms with Crippen LogP contribution in [0.3, 0.4) is 0 Å². The lowest BCUT2D eigenvalue weighted by Gasteiger charge is -2.31. The van der Waals surface area contributed by atoms with Crippen molar-refractivity contribution >= 4 is 11.7 Å². The highest BCUT2D eigenvalue weighted by atomic mass is 19.1. The molecule has 1 amide bonds. The Morgan fingerprint density at radius 2 is 2.14 bits per heavy atom. The molecule has 0 fully saturated rings. The number of nitriles is 1. The van der Waals surface area contributed by atoms with E-state index in [0.29, 0.717) is 29.3 Å². The number of fused-ring (bicyclic) bond motifs is 1. The molecular formula is C25H27FN6O3. The number of halogens is 1. The molecule has 1 unspecified atom stereocenters. The van der Waals surface area contributed by atoms with Gasteiger partial charge in [-0.25, -0.2) is 14.1 Å². The molecule has 2 aromatic heterocycles. The van der Waals surface area contributed by atoms with E-state index >= 15 is 0 Å². The number of amides is 1. The monoisotopic (exact) mass is 478 g/mol. The van der Waals surface area contributed by atoms with E-state index in [4.69, 9.17) is 0 Å². The van der Waals surface area contributed by atoms with Crippen molar-refractivity contribution in [3.8, 4) is 23.0 Å². The van der Waals surface area contributed by atoms with Crippen LogP contribution in [0.1, 0.15) is 48.3 Å². The molecule has 10 heteroatoms. The van der Waals surface area contributed by atoms with E-state index in [1.807, 2.05) is 17.9 Å². The van der Waals surface area contributed by atoms with Crippen LogP contribution in [0.15, 0.2) is 36.5 Å². The van der Waals surface area contributed by atoms with Gasteiger partial charge < -0.3 is 20.4 Å². The Morgan fingerprint density at radius 3 is 2.86 bits per heavy atom. The van der Waals surface area contributed by atoms with Crippen LogP contribution in [0, 0.1) is 17.1 Å². The number of anilines is 1. The summed E-state index contributed by atoms with van der Waals surface area (Å²) in [6.07, 6.45) is 2.72. The fourth-order valence-corrected chi connectivity index (χ4v) is 4.29. The molecule has 0 spiro atoms. The number of hydrogen-bond acceptors (Lipinski definition) is 7. The van der Waals surface area contributed by atoms with E-state index in [2.05, 4.69) is 15.4 Å². The van der Waals surface area contributed by atoms with E-state index in [9.17, 15) is 24.7 Å². The van der Waals surface area contributed by atoms with Crippen LogP contribution in [-0.2, 0) is 6.54 Å². The van der Waals surface area contributed by atoms with E-state index in [1.54, 1.807) is 25.3 Å². The van der Waals surface area contributed by atoms with Crippen molar-refractivity contribution < 1.29 is 19.4 Å². The highest BCUT2D eigenvalue weighted by Crippen LogP contribution is 2.31. The van der Waals surface area contributed by atoms with Crippen LogP contribution in [0.4, 0.5) is 10.2 Å². The molecule has 0 aliphatic carbocycles. The van der Waals surface area contributed by atoms with Gasteiger partial charge in [0.05, 0.1) is 52.0 Å². The molecular weight excluding hydrogens is 451 g/mol. The Kier molecular flexibility index (Phi) is 6.82. The second-order valence-electron chi connectivity index (χ2n) is 8.82. The van der Waals surface area contributed by atoms with Gasteiger partial charge in [-0.05, 0) is 31.5 Å². The summed E-state index contributed by atoms with van der Waals surface area (Å²) in [4.78, 5) is 19.0. The molecule has 182 valence electrons. The van der Waals surface area contributed by atoms with Crippen molar-refractivity contribution in [1.29, 1.82) is 5.26 Å². The number of pyridine rings is 1. The molecule has 1 aliphatic rings. The first kappa shape index (κ1) is 24.3. The van der Waals surface area contributed by atoms with Crippen molar-refractivity contribution in [2.45, 2.75) is 38.8 Å². The smallest absolute Gasteiger partial charge is 0.255 e. The Balaban J connectivity index is 1.80. The molecule has 1 aromatic carbocycles. The van der Waals surface area contributed by atoms with Crippen molar-refractivity contribution in [3.05, 3.63) is 59.2 Å². The minimum absolute atomic E-state index is 0.0680. The second kappa shape index (κ2) is 9.82. The zero-order valence-electron chi connectivity index (χ0n) is 19.6. The third kappa shape index (κ3) is 4.87. The Labute approximate surface area is 202 Å². The standard InChI is InChI=1S/C25H27FN6O3/c1-3-9-31(15-25(2,35)8-11-33)21-7-10-32(30-21)20-12-18(29-19-14-28-24(34)23(19)20)22-16(13-27)5-4-6-17(22)26/h4-7,10,12,33,35H,3,8-9,11,14-15H2,1-2H3,(H,28,34). The Hall–Kier alpha value is -3.81. The number of nitrogens with zero attached hydrogens (tertiary/aromatic N) is 5. The number of benzene rings is 1. The van der Waals surface area contributed by atoms with Gasteiger partial charge >= 0.3 is 0 Å². The summed E-state index contributed by atoms with van der Waals surface area (Å²) in [6, 6.07) is 9.58. The lowest BCUT2D eigenvalue weighted by molar-refractivity contribution is 0.0397. The molecule has 0 saturated heterocycles. The van der Waals surface area contributed by atoms with Gasteiger partial charge in [0.1, 0.15) is 5.82 Å². The number of rotatable bonds is 9. The van der Waals surface area contributed by atoms with E-state index < -0.39 is 11.4 Å². The fourth-order valence-electron chi connectivity index (χ4n) is 4.29. The van der Waals surface area contributed by atoms with Crippen LogP contribution < -0.4 is 10.2 Å². The predicted octanol–water partition coefficient (Wildman–Crippen LogP) is 2.54. The van der Waals surface area contributed by atoms with Crippen molar-refractivity contribution in [2.75, 3.05) is 24.6 Å². The summed E-state index contributed by atoms with van der Waals surface area (Å²) in [6.45, 7) is 4.61. The molecule has 0 radical (unpaired) electrons. The average molecular weight is 479 g/mol. The first-order valence-electron chi connectivity index (χ1n) is 11.4. The van der Waals surface area contributed by atoms with Gasteiger partial charge in [0.25, 0.3) is 5.91 Å². The largest absolute Gasteiger partial charge is 0.396 e. The molecule has 35 heavy (non-hydrogen) atoms. The van der Waals surface area contributed by atoms with Crippen molar-refractivity contribution in [2.24, 2.45) is 0 Å². The summed E-state index contributed by atoms with van der Waals surface area (Å²) in [5, 5.41) is 36.8. The summed E-state index contributed by atoms with van der Waals surface area (Å²) in [5.74, 6) is -0.309. The zero-order chi connectivity index (χ0) is 25.2. The molecule has 0 saturated carbocycles. The Morgan fingerprint density at radius 1 is 1.34 bits per heavy atom.